The smallest absolute Gasteiger partial charge is 0.0833 e. The number of hydrogen-bond acceptors (Lipinski definition) is 1. The van der Waals surface area contributed by atoms with Crippen LogP contribution >= 0.6 is 95.8 Å². The molecule has 0 fully saturated rings. The summed E-state index contributed by atoms with van der Waals surface area (Å²) in [6.07, 6.45) is 0. The van der Waals surface area contributed by atoms with Gasteiger partial charge >= 0.3 is 0 Å². The molecule has 0 aromatic heterocycles. The summed E-state index contributed by atoms with van der Waals surface area (Å²) in [6, 6.07) is 8.18. The molecule has 0 radical (unpaired) electrons. The first-order valence-corrected chi connectivity index (χ1v) is 10.1. The maximum atomic E-state index is 3.66. The van der Waals surface area contributed by atoms with Crippen LogP contribution in [0.2, 0.25) is 0 Å². The fraction of sp³-hybridized carbons (Fsp3) is 0.0769. The summed E-state index contributed by atoms with van der Waals surface area (Å²) >= 11 is 21.6. The molecule has 0 unspecified atom stereocenters. The Kier molecular flexibility index (Phi) is 6.23. The van der Waals surface area contributed by atoms with E-state index in [0.717, 1.165) is 33.7 Å². The molecular weight excluding hydrogens is 650 g/mol. The number of para-hydroxylation sites is 1. The summed E-state index contributed by atoms with van der Waals surface area (Å²) in [5, 5.41) is 0. The summed E-state index contributed by atoms with van der Waals surface area (Å²) in [7, 11) is 0. The molecule has 0 saturated heterocycles. The van der Waals surface area contributed by atoms with E-state index >= 15 is 0 Å². The van der Waals surface area contributed by atoms with Crippen molar-refractivity contribution in [3.05, 3.63) is 52.2 Å². The Labute approximate surface area is 168 Å². The van der Waals surface area contributed by atoms with Crippen molar-refractivity contribution in [2.24, 2.45) is 0 Å². The van der Waals surface area contributed by atoms with Gasteiger partial charge in [-0.25, -0.2) is 0 Å². The number of benzene rings is 2. The van der Waals surface area contributed by atoms with Crippen LogP contribution in [0, 0.1) is 6.92 Å². The highest BCUT2D eigenvalue weighted by Crippen LogP contribution is 2.51. The second-order valence-electron chi connectivity index (χ2n) is 3.99. The van der Waals surface area contributed by atoms with E-state index in [4.69, 9.17) is 0 Å². The Bertz CT molecular complexity index is 641. The zero-order chi connectivity index (χ0) is 15.0. The minimum absolute atomic E-state index is 0.944. The maximum Gasteiger partial charge on any atom is 0.0833 e. The number of halogens is 6. The van der Waals surface area contributed by atoms with Crippen LogP contribution in [0.4, 0.5) is 11.4 Å². The highest BCUT2D eigenvalue weighted by Gasteiger charge is 2.22. The first-order valence-electron chi connectivity index (χ1n) is 5.39. The predicted molar refractivity (Wildman–Crippen MR) is 107 cm³/mol. The third-order valence-electron chi connectivity index (χ3n) is 2.71. The Hall–Kier alpha value is 1.12. The van der Waals surface area contributed by atoms with Gasteiger partial charge in [-0.3, -0.25) is 3.93 Å². The molecule has 0 spiro atoms. The summed E-state index contributed by atoms with van der Waals surface area (Å²) in [5.74, 6) is 0. The quantitative estimate of drug-likeness (QED) is 0.179. The first-order chi connectivity index (χ1) is 9.36. The SMILES string of the molecule is Cc1ccccc1N(Br)c1c(Br)c(Br)c(Br)c(Br)c1Br. The van der Waals surface area contributed by atoms with Crippen molar-refractivity contribution < 1.29 is 0 Å². The van der Waals surface area contributed by atoms with E-state index in [0.29, 0.717) is 0 Å². The maximum absolute atomic E-state index is 3.66. The molecular formula is C13H7Br6N. The normalized spacial score (nSPS) is 10.8. The number of nitrogens with zero attached hydrogens (tertiary/aromatic N) is 1. The Balaban J connectivity index is 2.68. The monoisotopic (exact) mass is 651 g/mol. The number of aryl methyl sites for hydroxylation is 1. The summed E-state index contributed by atoms with van der Waals surface area (Å²) in [5.41, 5.74) is 3.23. The molecule has 20 heavy (non-hydrogen) atoms. The summed E-state index contributed by atoms with van der Waals surface area (Å²) < 4.78 is 6.70. The van der Waals surface area contributed by atoms with Crippen LogP contribution in [0.5, 0.6) is 0 Å². The average Bonchev–Trinajstić information content (AvgIpc) is 2.43. The van der Waals surface area contributed by atoms with Gasteiger partial charge in [0.1, 0.15) is 0 Å². The van der Waals surface area contributed by atoms with Gasteiger partial charge in [-0.1, -0.05) is 18.2 Å². The standard InChI is InChI=1S/C13H7Br6N/c1-6-4-2-3-5-7(6)20(19)13-11(17)9(15)8(14)10(16)12(13)18/h2-5H,1H3. The van der Waals surface area contributed by atoms with Crippen LogP contribution in [-0.2, 0) is 0 Å². The van der Waals surface area contributed by atoms with Crippen molar-refractivity contribution in [1.82, 2.24) is 0 Å². The van der Waals surface area contributed by atoms with E-state index < -0.39 is 0 Å². The average molecular weight is 657 g/mol. The fourth-order valence-corrected chi connectivity index (χ4v) is 6.28. The van der Waals surface area contributed by atoms with E-state index in [1.54, 1.807) is 0 Å². The second-order valence-corrected chi connectivity index (χ2v) is 8.66. The van der Waals surface area contributed by atoms with Gasteiger partial charge in [0.05, 0.1) is 36.5 Å². The van der Waals surface area contributed by atoms with Gasteiger partial charge in [0.2, 0.25) is 0 Å². The number of rotatable bonds is 2. The van der Waals surface area contributed by atoms with Gasteiger partial charge in [0.15, 0.2) is 0 Å². The molecule has 7 heteroatoms. The minimum Gasteiger partial charge on any atom is -0.274 e. The molecule has 0 N–H and O–H groups in total. The van der Waals surface area contributed by atoms with Crippen LogP contribution in [0.25, 0.3) is 0 Å². The molecule has 0 atom stereocenters. The van der Waals surface area contributed by atoms with Crippen molar-refractivity contribution in [2.45, 2.75) is 6.92 Å². The zero-order valence-corrected chi connectivity index (χ0v) is 19.5. The Morgan fingerprint density at radius 2 is 1.20 bits per heavy atom. The molecule has 0 heterocycles. The molecule has 0 aliphatic carbocycles. The van der Waals surface area contributed by atoms with E-state index in [1.165, 1.54) is 5.56 Å². The van der Waals surface area contributed by atoms with Crippen LogP contribution in [0.15, 0.2) is 46.6 Å². The lowest BCUT2D eigenvalue weighted by Gasteiger charge is -2.23. The van der Waals surface area contributed by atoms with Crippen molar-refractivity contribution in [3.63, 3.8) is 0 Å². The lowest BCUT2D eigenvalue weighted by Crippen LogP contribution is -2.05. The van der Waals surface area contributed by atoms with Gasteiger partial charge in [-0.15, -0.1) is 0 Å². The van der Waals surface area contributed by atoms with Crippen LogP contribution in [0.3, 0.4) is 0 Å². The van der Waals surface area contributed by atoms with Crippen LogP contribution in [0.1, 0.15) is 5.56 Å². The van der Waals surface area contributed by atoms with Gasteiger partial charge in [0, 0.05) is 13.4 Å². The Morgan fingerprint density at radius 1 is 0.750 bits per heavy atom. The molecule has 0 aliphatic heterocycles. The lowest BCUT2D eigenvalue weighted by molar-refractivity contribution is 1.33. The van der Waals surface area contributed by atoms with Crippen molar-refractivity contribution in [2.75, 3.05) is 3.93 Å². The van der Waals surface area contributed by atoms with Gasteiger partial charge < -0.3 is 0 Å². The first kappa shape index (κ1) is 17.5. The molecule has 0 bridgehead atoms. The van der Waals surface area contributed by atoms with E-state index in [-0.39, 0.29) is 0 Å². The third-order valence-corrected chi connectivity index (χ3v) is 9.50. The van der Waals surface area contributed by atoms with E-state index in [1.807, 2.05) is 16.1 Å². The molecule has 106 valence electrons. The molecule has 1 nitrogen and oxygen atoms in total. The van der Waals surface area contributed by atoms with Crippen molar-refractivity contribution in [3.8, 4) is 0 Å². The molecule has 0 amide bonds. The highest BCUT2D eigenvalue weighted by molar-refractivity contribution is 9.16. The second kappa shape index (κ2) is 7.13. The molecule has 0 saturated carbocycles. The summed E-state index contributed by atoms with van der Waals surface area (Å²) in [4.78, 5) is 0. The van der Waals surface area contributed by atoms with Crippen molar-refractivity contribution in [1.29, 1.82) is 0 Å². The number of anilines is 2. The van der Waals surface area contributed by atoms with Crippen LogP contribution < -0.4 is 3.93 Å². The minimum atomic E-state index is 0.944. The molecule has 0 aliphatic rings. The molecule has 2 rings (SSSR count). The summed E-state index contributed by atoms with van der Waals surface area (Å²) in [6.45, 7) is 2.08. The largest absolute Gasteiger partial charge is 0.274 e. The highest BCUT2D eigenvalue weighted by atomic mass is 79.9. The van der Waals surface area contributed by atoms with E-state index in [9.17, 15) is 0 Å². The van der Waals surface area contributed by atoms with Gasteiger partial charge in [0.25, 0.3) is 0 Å². The topological polar surface area (TPSA) is 3.24 Å². The third kappa shape index (κ3) is 3.23. The molecule has 2 aromatic rings. The zero-order valence-electron chi connectivity index (χ0n) is 10.0. The van der Waals surface area contributed by atoms with Crippen LogP contribution in [-0.4, -0.2) is 0 Å². The van der Waals surface area contributed by atoms with Gasteiger partial charge in [-0.2, -0.15) is 0 Å². The molecule has 2 aromatic carbocycles. The number of hydrogen-bond donors (Lipinski definition) is 0. The Morgan fingerprint density at radius 3 is 1.70 bits per heavy atom. The predicted octanol–water partition coefficient (Wildman–Crippen LogP) is 8.26. The van der Waals surface area contributed by atoms with E-state index in [2.05, 4.69) is 115 Å². The van der Waals surface area contributed by atoms with Gasteiger partial charge in [-0.05, 0) is 98.2 Å². The fourth-order valence-electron chi connectivity index (χ4n) is 1.67. The lowest BCUT2D eigenvalue weighted by atomic mass is 10.2. The van der Waals surface area contributed by atoms with Crippen molar-refractivity contribution >= 4 is 107 Å².